The monoisotopic (exact) mass is 389 g/mol. The first-order chi connectivity index (χ1) is 12.8. The van der Waals surface area contributed by atoms with Crippen LogP contribution < -0.4 is 14.8 Å². The SMILES string of the molecule is COc1cc(C(C)NC(=O)c2cccc(CS(C)=O)c2)ccc1OC(C)C. The molecule has 1 N–H and O–H groups in total. The van der Waals surface area contributed by atoms with Crippen LogP contribution in [-0.2, 0) is 16.6 Å². The van der Waals surface area contributed by atoms with E-state index in [0.29, 0.717) is 22.8 Å². The van der Waals surface area contributed by atoms with Gasteiger partial charge in [-0.25, -0.2) is 0 Å². The van der Waals surface area contributed by atoms with Crippen molar-refractivity contribution >= 4 is 16.7 Å². The topological polar surface area (TPSA) is 64.6 Å². The molecule has 1 amide bonds. The minimum Gasteiger partial charge on any atom is -0.493 e. The maximum atomic E-state index is 12.6. The van der Waals surface area contributed by atoms with Gasteiger partial charge in [0.15, 0.2) is 11.5 Å². The predicted octanol–water partition coefficient (Wildman–Crippen LogP) is 3.85. The highest BCUT2D eigenvalue weighted by atomic mass is 32.2. The average molecular weight is 390 g/mol. The first-order valence-corrected chi connectivity index (χ1v) is 10.6. The molecule has 2 aromatic rings. The Morgan fingerprint density at radius 3 is 2.48 bits per heavy atom. The van der Waals surface area contributed by atoms with Gasteiger partial charge in [0.25, 0.3) is 5.91 Å². The Bertz CT molecular complexity index is 820. The van der Waals surface area contributed by atoms with Gasteiger partial charge in [0.2, 0.25) is 0 Å². The molecule has 0 saturated heterocycles. The average Bonchev–Trinajstić information content (AvgIpc) is 2.61. The molecule has 0 heterocycles. The third-order valence-corrected chi connectivity index (χ3v) is 4.70. The van der Waals surface area contributed by atoms with E-state index in [2.05, 4.69) is 5.32 Å². The Balaban J connectivity index is 2.13. The number of amides is 1. The lowest BCUT2D eigenvalue weighted by molar-refractivity contribution is 0.0939. The number of rotatable bonds is 8. The van der Waals surface area contributed by atoms with E-state index in [0.717, 1.165) is 11.1 Å². The third kappa shape index (κ3) is 6.10. The second-order valence-corrected chi connectivity index (χ2v) is 8.13. The van der Waals surface area contributed by atoms with Crippen molar-refractivity contribution in [3.8, 4) is 11.5 Å². The zero-order valence-electron chi connectivity index (χ0n) is 16.4. The van der Waals surface area contributed by atoms with E-state index in [9.17, 15) is 9.00 Å². The van der Waals surface area contributed by atoms with Gasteiger partial charge in [-0.3, -0.25) is 9.00 Å². The first-order valence-electron chi connectivity index (χ1n) is 8.84. The number of methoxy groups -OCH3 is 1. The van der Waals surface area contributed by atoms with Gasteiger partial charge in [0.05, 0.1) is 19.3 Å². The molecule has 5 nitrogen and oxygen atoms in total. The van der Waals surface area contributed by atoms with Gasteiger partial charge in [0.1, 0.15) is 0 Å². The summed E-state index contributed by atoms with van der Waals surface area (Å²) in [7, 11) is 0.649. The van der Waals surface area contributed by atoms with Gasteiger partial charge in [-0.1, -0.05) is 18.2 Å². The summed E-state index contributed by atoms with van der Waals surface area (Å²) in [5.74, 6) is 1.57. The van der Waals surface area contributed by atoms with Crippen LogP contribution in [0.4, 0.5) is 0 Å². The van der Waals surface area contributed by atoms with Crippen LogP contribution in [0.2, 0.25) is 0 Å². The molecule has 0 aliphatic rings. The van der Waals surface area contributed by atoms with E-state index < -0.39 is 10.8 Å². The Kier molecular flexibility index (Phi) is 7.42. The first kappa shape index (κ1) is 21.0. The van der Waals surface area contributed by atoms with Crippen molar-refractivity contribution in [2.24, 2.45) is 0 Å². The van der Waals surface area contributed by atoms with Gasteiger partial charge >= 0.3 is 0 Å². The normalized spacial score (nSPS) is 13.1. The summed E-state index contributed by atoms with van der Waals surface area (Å²) in [4.78, 5) is 12.6. The fraction of sp³-hybridized carbons (Fsp3) is 0.381. The summed E-state index contributed by atoms with van der Waals surface area (Å²) in [6.45, 7) is 5.83. The van der Waals surface area contributed by atoms with E-state index in [1.54, 1.807) is 25.5 Å². The van der Waals surface area contributed by atoms with Crippen LogP contribution in [-0.4, -0.2) is 29.6 Å². The van der Waals surface area contributed by atoms with Gasteiger partial charge in [-0.15, -0.1) is 0 Å². The number of carbonyl (C=O) groups is 1. The molecule has 6 heteroatoms. The molecule has 2 aromatic carbocycles. The van der Waals surface area contributed by atoms with Crippen molar-refractivity contribution in [3.63, 3.8) is 0 Å². The van der Waals surface area contributed by atoms with Crippen LogP contribution in [0.3, 0.4) is 0 Å². The van der Waals surface area contributed by atoms with Gasteiger partial charge < -0.3 is 14.8 Å². The minimum absolute atomic E-state index is 0.0478. The fourth-order valence-corrected chi connectivity index (χ4v) is 3.35. The number of carbonyl (C=O) groups excluding carboxylic acids is 1. The molecule has 0 bridgehead atoms. The van der Waals surface area contributed by atoms with Crippen molar-refractivity contribution in [1.29, 1.82) is 0 Å². The van der Waals surface area contributed by atoms with E-state index in [-0.39, 0.29) is 18.1 Å². The van der Waals surface area contributed by atoms with Crippen molar-refractivity contribution in [2.75, 3.05) is 13.4 Å². The van der Waals surface area contributed by atoms with E-state index in [1.807, 2.05) is 51.1 Å². The summed E-state index contributed by atoms with van der Waals surface area (Å²) in [5.41, 5.74) is 2.35. The Morgan fingerprint density at radius 1 is 1.11 bits per heavy atom. The molecule has 0 aliphatic carbocycles. The second kappa shape index (κ2) is 9.55. The largest absolute Gasteiger partial charge is 0.493 e. The molecule has 0 fully saturated rings. The van der Waals surface area contributed by atoms with Crippen LogP contribution in [0.15, 0.2) is 42.5 Å². The fourth-order valence-electron chi connectivity index (χ4n) is 2.71. The quantitative estimate of drug-likeness (QED) is 0.745. The van der Waals surface area contributed by atoms with E-state index in [1.165, 1.54) is 0 Å². The van der Waals surface area contributed by atoms with Crippen molar-refractivity contribution in [2.45, 2.75) is 38.7 Å². The molecule has 2 atom stereocenters. The lowest BCUT2D eigenvalue weighted by Crippen LogP contribution is -2.26. The highest BCUT2D eigenvalue weighted by Crippen LogP contribution is 2.31. The van der Waals surface area contributed by atoms with Crippen molar-refractivity contribution < 1.29 is 18.5 Å². The number of hydrogen-bond donors (Lipinski definition) is 1. The molecule has 0 spiro atoms. The van der Waals surface area contributed by atoms with Gasteiger partial charge in [0, 0.05) is 28.4 Å². The molecule has 0 radical (unpaired) electrons. The summed E-state index contributed by atoms with van der Waals surface area (Å²) < 4.78 is 22.5. The summed E-state index contributed by atoms with van der Waals surface area (Å²) >= 11 is 0. The molecular formula is C21H27NO4S. The predicted molar refractivity (Wildman–Crippen MR) is 109 cm³/mol. The second-order valence-electron chi connectivity index (χ2n) is 6.69. The molecule has 27 heavy (non-hydrogen) atoms. The number of hydrogen-bond acceptors (Lipinski definition) is 4. The Hall–Kier alpha value is -2.34. The lowest BCUT2D eigenvalue weighted by atomic mass is 10.1. The van der Waals surface area contributed by atoms with Crippen LogP contribution in [0, 0.1) is 0 Å². The van der Waals surface area contributed by atoms with E-state index >= 15 is 0 Å². The van der Waals surface area contributed by atoms with Gasteiger partial charge in [-0.2, -0.15) is 0 Å². The lowest BCUT2D eigenvalue weighted by Gasteiger charge is -2.18. The molecule has 2 unspecified atom stereocenters. The maximum absolute atomic E-state index is 12.6. The van der Waals surface area contributed by atoms with Crippen LogP contribution >= 0.6 is 0 Å². The van der Waals surface area contributed by atoms with Crippen LogP contribution in [0.25, 0.3) is 0 Å². The molecule has 0 saturated carbocycles. The smallest absolute Gasteiger partial charge is 0.251 e. The minimum atomic E-state index is -0.946. The molecule has 146 valence electrons. The van der Waals surface area contributed by atoms with Crippen LogP contribution in [0.1, 0.15) is 48.3 Å². The molecule has 0 aromatic heterocycles. The molecule has 0 aliphatic heterocycles. The molecular weight excluding hydrogens is 362 g/mol. The Morgan fingerprint density at radius 2 is 1.85 bits per heavy atom. The number of benzene rings is 2. The summed E-state index contributed by atoms with van der Waals surface area (Å²) in [6.07, 6.45) is 1.70. The van der Waals surface area contributed by atoms with Crippen LogP contribution in [0.5, 0.6) is 11.5 Å². The van der Waals surface area contributed by atoms with E-state index in [4.69, 9.17) is 9.47 Å². The summed E-state index contributed by atoms with van der Waals surface area (Å²) in [6, 6.07) is 12.7. The number of ether oxygens (including phenoxy) is 2. The number of nitrogens with one attached hydrogen (secondary N) is 1. The highest BCUT2D eigenvalue weighted by Gasteiger charge is 2.15. The zero-order chi connectivity index (χ0) is 20.0. The van der Waals surface area contributed by atoms with Crippen molar-refractivity contribution in [1.82, 2.24) is 5.32 Å². The maximum Gasteiger partial charge on any atom is 0.251 e. The molecule has 2 rings (SSSR count). The third-order valence-electron chi connectivity index (χ3n) is 3.96. The van der Waals surface area contributed by atoms with Gasteiger partial charge in [-0.05, 0) is 56.2 Å². The van der Waals surface area contributed by atoms with Crippen molar-refractivity contribution in [3.05, 3.63) is 59.2 Å². The Labute approximate surface area is 163 Å². The highest BCUT2D eigenvalue weighted by molar-refractivity contribution is 7.83. The summed E-state index contributed by atoms with van der Waals surface area (Å²) in [5, 5.41) is 2.99. The zero-order valence-corrected chi connectivity index (χ0v) is 17.3. The standard InChI is InChI=1S/C21H27NO4S/c1-14(2)26-19-10-9-17(12-20(19)25-4)15(3)22-21(23)18-8-6-7-16(11-18)13-27(5)24/h6-12,14-15H,13H2,1-5H3,(H,22,23).